The predicted molar refractivity (Wildman–Crippen MR) is 29.9 cm³/mol. The monoisotopic (exact) mass is 154 g/mol. The van der Waals surface area contributed by atoms with E-state index in [-0.39, 0.29) is 0 Å². The number of hydrogen-bond acceptors (Lipinski definition) is 2. The normalized spacial score (nSPS) is 27.2. The van der Waals surface area contributed by atoms with Gasteiger partial charge in [0.1, 0.15) is 5.92 Å². The molecule has 0 aromatic carbocycles. The van der Waals surface area contributed by atoms with Gasteiger partial charge >= 0.3 is 6.18 Å². The maximum Gasteiger partial charge on any atom is 0.397 e. The van der Waals surface area contributed by atoms with Gasteiger partial charge in [0.05, 0.1) is 5.75 Å². The summed E-state index contributed by atoms with van der Waals surface area (Å²) in [6.45, 7) is 0. The third-order valence-electron chi connectivity index (χ3n) is 0.868. The van der Waals surface area contributed by atoms with Crippen molar-refractivity contribution >= 4 is 18.2 Å². The van der Waals surface area contributed by atoms with E-state index in [0.29, 0.717) is 0 Å². The molecule has 0 aromatic rings. The fraction of sp³-hybridized carbons (Fsp3) is 0.500. The van der Waals surface area contributed by atoms with E-state index in [2.05, 4.69) is 4.40 Å². The van der Waals surface area contributed by atoms with Crippen molar-refractivity contribution in [1.29, 1.82) is 0 Å². The van der Waals surface area contributed by atoms with Crippen LogP contribution in [0.4, 0.5) is 13.2 Å². The van der Waals surface area contributed by atoms with Crippen LogP contribution >= 0.6 is 11.9 Å². The predicted octanol–water partition coefficient (Wildman–Crippen LogP) is 2.06. The Morgan fingerprint density at radius 3 is 2.33 bits per heavy atom. The minimum Gasteiger partial charge on any atom is -0.228 e. The summed E-state index contributed by atoms with van der Waals surface area (Å²) in [6.07, 6.45) is -3.25. The smallest absolute Gasteiger partial charge is 0.228 e. The molecule has 0 aromatic heterocycles. The molecule has 51 valence electrons. The third-order valence-corrected chi connectivity index (χ3v) is 1.53. The molecule has 0 N–H and O–H groups in total. The number of halogens is 3. The summed E-state index contributed by atoms with van der Waals surface area (Å²) in [5.41, 5.74) is 0. The van der Waals surface area contributed by atoms with E-state index in [0.717, 1.165) is 23.9 Å². The second kappa shape index (κ2) is 2.21. The van der Waals surface area contributed by atoms with Gasteiger partial charge in [-0.25, -0.2) is 4.40 Å². The molecular weight excluding hydrogens is 151 g/mol. The van der Waals surface area contributed by atoms with Crippen LogP contribution in [0.25, 0.3) is 0 Å². The average Bonchev–Trinajstić information content (AvgIpc) is 2.08. The Kier molecular flexibility index (Phi) is 1.70. The van der Waals surface area contributed by atoms with Gasteiger partial charge in [0.25, 0.3) is 0 Å². The Bertz CT molecular complexity index is 130. The molecule has 0 fully saturated rings. The number of hydrogen-bond donors (Lipinski definition) is 0. The molecule has 1 nitrogen and oxygen atoms in total. The van der Waals surface area contributed by atoms with Crippen LogP contribution in [-0.2, 0) is 0 Å². The first-order valence-corrected chi connectivity index (χ1v) is 3.04. The van der Waals surface area contributed by atoms with Gasteiger partial charge in [-0.05, 0) is 11.9 Å². The zero-order valence-electron chi connectivity index (χ0n) is 4.22. The Hall–Kier alpha value is -0.190. The van der Waals surface area contributed by atoms with E-state index >= 15 is 0 Å². The summed E-state index contributed by atoms with van der Waals surface area (Å²) in [5.74, 6) is -0.387. The van der Waals surface area contributed by atoms with E-state index < -0.39 is 12.1 Å². The van der Waals surface area contributed by atoms with Crippen molar-refractivity contribution in [1.82, 2.24) is 0 Å². The minimum atomic E-state index is -4.15. The molecule has 0 amide bonds. The van der Waals surface area contributed by atoms with E-state index in [9.17, 15) is 13.2 Å². The Morgan fingerprint density at radius 1 is 1.44 bits per heavy atom. The van der Waals surface area contributed by atoms with Crippen molar-refractivity contribution in [3.8, 4) is 0 Å². The van der Waals surface area contributed by atoms with Crippen molar-refractivity contribution in [2.24, 2.45) is 10.3 Å². The quantitative estimate of drug-likeness (QED) is 0.486. The molecule has 1 heterocycles. The highest BCUT2D eigenvalue weighted by Crippen LogP contribution is 2.34. The van der Waals surface area contributed by atoms with Gasteiger partial charge in [0.15, 0.2) is 0 Å². The van der Waals surface area contributed by atoms with Gasteiger partial charge < -0.3 is 0 Å². The molecule has 1 unspecified atom stereocenters. The maximum atomic E-state index is 11.6. The first-order valence-electron chi connectivity index (χ1n) is 2.20. The molecule has 1 aliphatic rings. The van der Waals surface area contributed by atoms with Gasteiger partial charge in [-0.2, -0.15) is 13.2 Å². The summed E-state index contributed by atoms with van der Waals surface area (Å²) in [6, 6.07) is 0. The Morgan fingerprint density at radius 2 is 2.11 bits per heavy atom. The number of rotatable bonds is 0. The van der Waals surface area contributed by atoms with Gasteiger partial charge in [0, 0.05) is 6.21 Å². The van der Waals surface area contributed by atoms with Gasteiger partial charge in [-0.1, -0.05) is 0 Å². The topological polar surface area (TPSA) is 12.4 Å². The van der Waals surface area contributed by atoms with Crippen LogP contribution in [0, 0.1) is 11.7 Å². The lowest BCUT2D eigenvalue weighted by Crippen LogP contribution is -2.21. The van der Waals surface area contributed by atoms with Crippen LogP contribution in [-0.4, -0.2) is 12.4 Å². The molecule has 9 heavy (non-hydrogen) atoms. The molecule has 0 saturated carbocycles. The van der Waals surface area contributed by atoms with Crippen LogP contribution in [0.15, 0.2) is 4.40 Å². The largest absolute Gasteiger partial charge is 0.397 e. The van der Waals surface area contributed by atoms with Gasteiger partial charge in [0.2, 0.25) is 0 Å². The molecule has 0 saturated heterocycles. The van der Waals surface area contributed by atoms with Gasteiger partial charge in [-0.3, -0.25) is 0 Å². The zero-order valence-corrected chi connectivity index (χ0v) is 5.04. The van der Waals surface area contributed by atoms with Crippen LogP contribution in [0.2, 0.25) is 0 Å². The zero-order chi connectivity index (χ0) is 6.91. The highest BCUT2D eigenvalue weighted by atomic mass is 32.2. The van der Waals surface area contributed by atoms with Crippen molar-refractivity contribution < 1.29 is 13.2 Å². The minimum absolute atomic E-state index is 0.833. The van der Waals surface area contributed by atoms with E-state index in [1.54, 1.807) is 0 Å². The number of alkyl halides is 3. The highest BCUT2D eigenvalue weighted by Gasteiger charge is 2.40. The summed E-state index contributed by atoms with van der Waals surface area (Å²) < 4.78 is 38.2. The summed E-state index contributed by atoms with van der Waals surface area (Å²) >= 11 is 0.833. The molecular formula is C4H3F3NS. The van der Waals surface area contributed by atoms with Crippen molar-refractivity contribution in [3.05, 3.63) is 5.75 Å². The second-order valence-corrected chi connectivity index (χ2v) is 2.26. The highest BCUT2D eigenvalue weighted by molar-refractivity contribution is 8.00. The maximum absolute atomic E-state index is 11.6. The van der Waals surface area contributed by atoms with Crippen LogP contribution < -0.4 is 0 Å². The van der Waals surface area contributed by atoms with Crippen molar-refractivity contribution in [2.45, 2.75) is 6.18 Å². The SMILES string of the molecule is FC(F)(F)C1[CH]SN=C1. The fourth-order valence-electron chi connectivity index (χ4n) is 0.398. The van der Waals surface area contributed by atoms with Crippen LogP contribution in [0.3, 0.4) is 0 Å². The number of nitrogens with zero attached hydrogens (tertiary/aromatic N) is 1. The molecule has 0 bridgehead atoms. The van der Waals surface area contributed by atoms with Crippen LogP contribution in [0.5, 0.6) is 0 Å². The lowest BCUT2D eigenvalue weighted by Gasteiger charge is -2.08. The molecule has 1 atom stereocenters. The average molecular weight is 154 g/mol. The first kappa shape index (κ1) is 6.92. The fourth-order valence-corrected chi connectivity index (χ4v) is 1.03. The molecule has 1 rings (SSSR count). The molecule has 1 radical (unpaired) electrons. The molecule has 5 heteroatoms. The summed E-state index contributed by atoms with van der Waals surface area (Å²) in [4.78, 5) is 0. The standard InChI is InChI=1S/C4H3F3NS/c5-4(6,7)3-1-8-9-2-3/h1-3H. The Labute approximate surface area is 54.5 Å². The third kappa shape index (κ3) is 1.61. The summed E-state index contributed by atoms with van der Waals surface area (Å²) in [5, 5.41) is 0. The van der Waals surface area contributed by atoms with E-state index in [1.165, 1.54) is 0 Å². The lowest BCUT2D eigenvalue weighted by atomic mass is 10.2. The van der Waals surface area contributed by atoms with Crippen molar-refractivity contribution in [3.63, 3.8) is 0 Å². The Balaban J connectivity index is 2.53. The van der Waals surface area contributed by atoms with E-state index in [4.69, 9.17) is 0 Å². The summed E-state index contributed by atoms with van der Waals surface area (Å²) in [7, 11) is 0. The van der Waals surface area contributed by atoms with E-state index in [1.807, 2.05) is 0 Å². The lowest BCUT2D eigenvalue weighted by molar-refractivity contribution is -0.143. The molecule has 1 aliphatic heterocycles. The van der Waals surface area contributed by atoms with Crippen molar-refractivity contribution in [2.75, 3.05) is 0 Å². The van der Waals surface area contributed by atoms with Gasteiger partial charge in [-0.15, -0.1) is 0 Å². The second-order valence-electron chi connectivity index (χ2n) is 1.56. The van der Waals surface area contributed by atoms with Crippen LogP contribution in [0.1, 0.15) is 0 Å². The first-order chi connectivity index (χ1) is 4.11. The molecule has 0 aliphatic carbocycles. The molecule has 0 spiro atoms.